The second kappa shape index (κ2) is 8.88. The number of nitrogens with zero attached hydrogens (tertiary/aromatic N) is 3. The highest BCUT2D eigenvalue weighted by atomic mass is 32.1. The van der Waals surface area contributed by atoms with Crippen LogP contribution in [0.15, 0.2) is 53.9 Å². The van der Waals surface area contributed by atoms with E-state index in [1.807, 2.05) is 36.6 Å². The number of methoxy groups -OCH3 is 1. The van der Waals surface area contributed by atoms with Gasteiger partial charge in [0.05, 0.1) is 18.7 Å². The summed E-state index contributed by atoms with van der Waals surface area (Å²) in [7, 11) is 1.64. The number of benzene rings is 2. The summed E-state index contributed by atoms with van der Waals surface area (Å²) < 4.78 is 5.27. The van der Waals surface area contributed by atoms with Crippen LogP contribution < -0.4 is 14.5 Å². The number of carbonyl (C=O) groups is 1. The molecule has 5 nitrogen and oxygen atoms in total. The fraction of sp³-hybridized carbons (Fsp3) is 0.333. The molecule has 0 unspecified atom stereocenters. The molecule has 1 aliphatic rings. The molecule has 4 rings (SSSR count). The van der Waals surface area contributed by atoms with Gasteiger partial charge in [-0.3, -0.25) is 4.79 Å². The van der Waals surface area contributed by atoms with Crippen LogP contribution in [0.25, 0.3) is 0 Å². The molecular weight excluding hydrogens is 394 g/mol. The SMILES string of the molecule is CCN(c1ccc(CN(C(=O)c2csc(C)n2)c2ccc(OC)cc2)cc1)C1CC1. The van der Waals surface area contributed by atoms with E-state index in [1.165, 1.54) is 29.9 Å². The number of amides is 1. The van der Waals surface area contributed by atoms with Gasteiger partial charge in [0, 0.05) is 29.3 Å². The van der Waals surface area contributed by atoms with E-state index in [1.54, 1.807) is 12.0 Å². The van der Waals surface area contributed by atoms with Gasteiger partial charge in [-0.15, -0.1) is 11.3 Å². The monoisotopic (exact) mass is 421 g/mol. The topological polar surface area (TPSA) is 45.7 Å². The Balaban J connectivity index is 1.59. The summed E-state index contributed by atoms with van der Waals surface area (Å²) >= 11 is 1.49. The van der Waals surface area contributed by atoms with Crippen molar-refractivity contribution >= 4 is 28.6 Å². The van der Waals surface area contributed by atoms with Crippen LogP contribution in [0.2, 0.25) is 0 Å². The van der Waals surface area contributed by atoms with Gasteiger partial charge in [0.2, 0.25) is 0 Å². The van der Waals surface area contributed by atoms with Crippen LogP contribution in [0, 0.1) is 6.92 Å². The van der Waals surface area contributed by atoms with E-state index in [-0.39, 0.29) is 5.91 Å². The summed E-state index contributed by atoms with van der Waals surface area (Å²) in [4.78, 5) is 21.9. The summed E-state index contributed by atoms with van der Waals surface area (Å²) in [6.45, 7) is 5.62. The fourth-order valence-electron chi connectivity index (χ4n) is 3.66. The van der Waals surface area contributed by atoms with Crippen LogP contribution in [-0.2, 0) is 6.54 Å². The lowest BCUT2D eigenvalue weighted by Crippen LogP contribution is -2.30. The molecule has 3 aromatic rings. The number of ether oxygens (including phenoxy) is 1. The van der Waals surface area contributed by atoms with Gasteiger partial charge in [0.25, 0.3) is 5.91 Å². The van der Waals surface area contributed by atoms with Crippen LogP contribution in [0.1, 0.15) is 40.8 Å². The molecule has 2 aromatic carbocycles. The van der Waals surface area contributed by atoms with Crippen molar-refractivity contribution in [3.05, 3.63) is 70.2 Å². The molecule has 0 N–H and O–H groups in total. The molecule has 0 radical (unpaired) electrons. The predicted molar refractivity (Wildman–Crippen MR) is 123 cm³/mol. The number of carbonyl (C=O) groups excluding carboxylic acids is 1. The molecule has 156 valence electrons. The smallest absolute Gasteiger partial charge is 0.278 e. The van der Waals surface area contributed by atoms with E-state index in [2.05, 4.69) is 41.1 Å². The number of aryl methyl sites for hydroxylation is 1. The maximum atomic E-state index is 13.3. The normalized spacial score (nSPS) is 13.2. The Bertz CT molecular complexity index is 994. The molecule has 1 amide bonds. The molecule has 1 fully saturated rings. The Kier molecular flexibility index (Phi) is 6.04. The Labute approximate surface area is 181 Å². The van der Waals surface area contributed by atoms with Crippen molar-refractivity contribution in [2.45, 2.75) is 39.3 Å². The number of hydrogen-bond acceptors (Lipinski definition) is 5. The molecular formula is C24H27N3O2S. The summed E-state index contributed by atoms with van der Waals surface area (Å²) in [5, 5.41) is 2.71. The zero-order valence-corrected chi connectivity index (χ0v) is 18.5. The molecule has 1 heterocycles. The third-order valence-corrected chi connectivity index (χ3v) is 6.18. The van der Waals surface area contributed by atoms with Gasteiger partial charge in [0.1, 0.15) is 11.4 Å². The van der Waals surface area contributed by atoms with Gasteiger partial charge < -0.3 is 14.5 Å². The van der Waals surface area contributed by atoms with Gasteiger partial charge in [-0.05, 0) is 68.7 Å². The van der Waals surface area contributed by atoms with Crippen molar-refractivity contribution in [1.29, 1.82) is 0 Å². The van der Waals surface area contributed by atoms with Crippen molar-refractivity contribution in [3.63, 3.8) is 0 Å². The largest absolute Gasteiger partial charge is 0.497 e. The van der Waals surface area contributed by atoms with Crippen molar-refractivity contribution in [2.75, 3.05) is 23.5 Å². The lowest BCUT2D eigenvalue weighted by atomic mass is 10.1. The molecule has 0 saturated heterocycles. The van der Waals surface area contributed by atoms with Crippen molar-refractivity contribution in [2.24, 2.45) is 0 Å². The molecule has 0 aliphatic heterocycles. The fourth-order valence-corrected chi connectivity index (χ4v) is 4.24. The Morgan fingerprint density at radius 1 is 1.10 bits per heavy atom. The molecule has 30 heavy (non-hydrogen) atoms. The van der Waals surface area contributed by atoms with Crippen LogP contribution in [0.5, 0.6) is 5.75 Å². The summed E-state index contributed by atoms with van der Waals surface area (Å²) in [5.41, 5.74) is 3.64. The minimum Gasteiger partial charge on any atom is -0.497 e. The first-order valence-corrected chi connectivity index (χ1v) is 11.2. The van der Waals surface area contributed by atoms with Crippen molar-refractivity contribution in [1.82, 2.24) is 4.98 Å². The van der Waals surface area contributed by atoms with Crippen LogP contribution in [0.3, 0.4) is 0 Å². The molecule has 1 aromatic heterocycles. The standard InChI is InChI=1S/C24H27N3O2S/c1-4-26(20-9-10-20)19-7-5-18(6-8-19)15-27(21-11-13-22(29-3)14-12-21)24(28)23-16-30-17(2)25-23/h5-8,11-14,16,20H,4,9-10,15H2,1-3H3. The minimum atomic E-state index is -0.0956. The number of anilines is 2. The highest BCUT2D eigenvalue weighted by molar-refractivity contribution is 7.09. The van der Waals surface area contributed by atoms with E-state index in [4.69, 9.17) is 4.74 Å². The number of aromatic nitrogens is 1. The highest BCUT2D eigenvalue weighted by Crippen LogP contribution is 2.32. The predicted octanol–water partition coefficient (Wildman–Crippen LogP) is 5.30. The van der Waals surface area contributed by atoms with Crippen LogP contribution in [-0.4, -0.2) is 30.6 Å². The van der Waals surface area contributed by atoms with E-state index < -0.39 is 0 Å². The summed E-state index contributed by atoms with van der Waals surface area (Å²) in [6, 6.07) is 16.8. The van der Waals surface area contributed by atoms with Crippen LogP contribution in [0.4, 0.5) is 11.4 Å². The number of hydrogen-bond donors (Lipinski definition) is 0. The molecule has 0 spiro atoms. The number of thiazole rings is 1. The average molecular weight is 422 g/mol. The zero-order chi connectivity index (χ0) is 21.1. The van der Waals surface area contributed by atoms with Gasteiger partial charge in [0.15, 0.2) is 0 Å². The van der Waals surface area contributed by atoms with Gasteiger partial charge in [-0.2, -0.15) is 0 Å². The third kappa shape index (κ3) is 4.49. The molecule has 6 heteroatoms. The minimum absolute atomic E-state index is 0.0956. The molecule has 0 bridgehead atoms. The Hall–Kier alpha value is -2.86. The van der Waals surface area contributed by atoms with Gasteiger partial charge >= 0.3 is 0 Å². The van der Waals surface area contributed by atoms with E-state index >= 15 is 0 Å². The highest BCUT2D eigenvalue weighted by Gasteiger charge is 2.28. The second-order valence-corrected chi connectivity index (χ2v) is 8.59. The lowest BCUT2D eigenvalue weighted by Gasteiger charge is -2.25. The molecule has 0 atom stereocenters. The van der Waals surface area contributed by atoms with E-state index in [0.29, 0.717) is 18.3 Å². The van der Waals surface area contributed by atoms with E-state index in [9.17, 15) is 4.79 Å². The third-order valence-electron chi connectivity index (χ3n) is 5.40. The first-order valence-electron chi connectivity index (χ1n) is 10.3. The lowest BCUT2D eigenvalue weighted by molar-refractivity contribution is 0.0981. The van der Waals surface area contributed by atoms with Crippen molar-refractivity contribution < 1.29 is 9.53 Å². The zero-order valence-electron chi connectivity index (χ0n) is 17.7. The number of rotatable bonds is 8. The quantitative estimate of drug-likeness (QED) is 0.495. The van der Waals surface area contributed by atoms with Crippen molar-refractivity contribution in [3.8, 4) is 5.75 Å². The average Bonchev–Trinajstić information content (AvgIpc) is 3.52. The maximum absolute atomic E-state index is 13.3. The first-order chi connectivity index (χ1) is 14.6. The summed E-state index contributed by atoms with van der Waals surface area (Å²) in [5.74, 6) is 0.668. The second-order valence-electron chi connectivity index (χ2n) is 7.52. The molecule has 1 aliphatic carbocycles. The maximum Gasteiger partial charge on any atom is 0.278 e. The van der Waals surface area contributed by atoms with E-state index in [0.717, 1.165) is 28.6 Å². The molecule has 1 saturated carbocycles. The van der Waals surface area contributed by atoms with Gasteiger partial charge in [-0.1, -0.05) is 12.1 Å². The summed E-state index contributed by atoms with van der Waals surface area (Å²) in [6.07, 6.45) is 2.56. The first kappa shape index (κ1) is 20.4. The Morgan fingerprint density at radius 2 is 1.77 bits per heavy atom. The van der Waals surface area contributed by atoms with Gasteiger partial charge in [-0.25, -0.2) is 4.98 Å². The Morgan fingerprint density at radius 3 is 2.30 bits per heavy atom. The van der Waals surface area contributed by atoms with Crippen LogP contribution >= 0.6 is 11.3 Å².